The third-order valence-electron chi connectivity index (χ3n) is 2.66. The van der Waals surface area contributed by atoms with Crippen molar-refractivity contribution in [3.8, 4) is 5.75 Å². The maximum absolute atomic E-state index is 11.5. The van der Waals surface area contributed by atoms with E-state index in [9.17, 15) is 14.7 Å². The zero-order valence-electron chi connectivity index (χ0n) is 11.4. The summed E-state index contributed by atoms with van der Waals surface area (Å²) in [4.78, 5) is 22.0. The van der Waals surface area contributed by atoms with E-state index in [1.807, 2.05) is 0 Å². The van der Waals surface area contributed by atoms with Gasteiger partial charge >= 0.3 is 0 Å². The number of nitrogens with zero attached hydrogens (tertiary/aromatic N) is 2. The number of carboxylic acids is 1. The predicted molar refractivity (Wildman–Crippen MR) is 82.2 cm³/mol. The molecule has 1 fully saturated rings. The normalized spacial score (nSPS) is 19.6. The van der Waals surface area contributed by atoms with E-state index in [0.29, 0.717) is 16.3 Å². The fourth-order valence-electron chi connectivity index (χ4n) is 1.65. The Morgan fingerprint density at radius 3 is 3.00 bits per heavy atom. The van der Waals surface area contributed by atoms with Crippen LogP contribution in [0.4, 0.5) is 0 Å². The van der Waals surface area contributed by atoms with Gasteiger partial charge in [-0.15, -0.1) is 5.10 Å². The van der Waals surface area contributed by atoms with Crippen LogP contribution in [0.1, 0.15) is 12.0 Å². The molecule has 0 saturated carbocycles. The van der Waals surface area contributed by atoms with Gasteiger partial charge in [0.05, 0.1) is 23.6 Å². The van der Waals surface area contributed by atoms with E-state index in [2.05, 4.69) is 15.5 Å². The number of benzene rings is 1. The number of amides is 1. The summed E-state index contributed by atoms with van der Waals surface area (Å²) in [5.41, 5.74) is 0.704. The number of methoxy groups -OCH3 is 1. The van der Waals surface area contributed by atoms with Gasteiger partial charge in [-0.2, -0.15) is 5.10 Å². The Kier molecular flexibility index (Phi) is 5.40. The average molecular weight is 341 g/mol. The Labute approximate surface area is 135 Å². The molecular weight excluding hydrogens is 330 g/mol. The van der Waals surface area contributed by atoms with Gasteiger partial charge in [-0.25, -0.2) is 0 Å². The van der Waals surface area contributed by atoms with E-state index in [1.54, 1.807) is 18.2 Å². The maximum Gasteiger partial charge on any atom is 0.239 e. The zero-order chi connectivity index (χ0) is 16.1. The number of rotatable bonds is 5. The third-order valence-corrected chi connectivity index (χ3v) is 4.03. The number of hydrogen-bond donors (Lipinski definition) is 1. The van der Waals surface area contributed by atoms with Crippen LogP contribution in [0.5, 0.6) is 5.75 Å². The molecule has 1 heterocycles. The molecule has 1 amide bonds. The lowest BCUT2D eigenvalue weighted by atomic mass is 10.2. The first kappa shape index (κ1) is 16.3. The minimum atomic E-state index is -1.29. The fraction of sp³-hybridized carbons (Fsp3) is 0.231. The number of hydrogen-bond acceptors (Lipinski definition) is 7. The molecule has 2 rings (SSSR count). The molecule has 1 N–H and O–H groups in total. The first-order valence-electron chi connectivity index (χ1n) is 6.11. The summed E-state index contributed by atoms with van der Waals surface area (Å²) in [6, 6.07) is 5.09. The third kappa shape index (κ3) is 4.22. The van der Waals surface area contributed by atoms with Crippen LogP contribution in [-0.4, -0.2) is 35.6 Å². The van der Waals surface area contributed by atoms with Crippen LogP contribution < -0.4 is 15.2 Å². The number of nitrogens with one attached hydrogen (secondary N) is 1. The number of thioether (sulfide) groups is 1. The van der Waals surface area contributed by atoms with E-state index >= 15 is 0 Å². The van der Waals surface area contributed by atoms with Crippen molar-refractivity contribution in [2.24, 2.45) is 10.2 Å². The molecule has 9 heteroatoms. The molecular formula is C13H11ClN3O4S-. The lowest BCUT2D eigenvalue weighted by Crippen LogP contribution is -2.31. The van der Waals surface area contributed by atoms with Crippen LogP contribution in [0.3, 0.4) is 0 Å². The van der Waals surface area contributed by atoms with Gasteiger partial charge in [0.1, 0.15) is 5.75 Å². The Morgan fingerprint density at radius 2 is 2.36 bits per heavy atom. The lowest BCUT2D eigenvalue weighted by Gasteiger charge is -2.04. The molecule has 7 nitrogen and oxygen atoms in total. The highest BCUT2D eigenvalue weighted by atomic mass is 35.5. The maximum atomic E-state index is 11.5. The van der Waals surface area contributed by atoms with Crippen molar-refractivity contribution in [2.75, 3.05) is 7.11 Å². The highest BCUT2D eigenvalue weighted by Crippen LogP contribution is 2.24. The van der Waals surface area contributed by atoms with Crippen LogP contribution in [0.25, 0.3) is 0 Å². The van der Waals surface area contributed by atoms with Gasteiger partial charge in [0.2, 0.25) is 5.91 Å². The standard InChI is InChI=1S/C13H12ClN3O4S/c1-21-9-3-2-7(4-8(9)14)6-15-17-13-16-12(20)10(22-13)5-11(18)19/h2-4,6,10H,5H2,1H3,(H,18,19)(H,16,17,20)/p-1/b15-6-/t10-/m1/s1. The summed E-state index contributed by atoms with van der Waals surface area (Å²) < 4.78 is 5.03. The monoisotopic (exact) mass is 340 g/mol. The summed E-state index contributed by atoms with van der Waals surface area (Å²) in [6.45, 7) is 0. The summed E-state index contributed by atoms with van der Waals surface area (Å²) >= 11 is 6.98. The number of carbonyl (C=O) groups is 2. The number of aliphatic carboxylic acids is 1. The first-order chi connectivity index (χ1) is 10.5. The first-order valence-corrected chi connectivity index (χ1v) is 7.37. The van der Waals surface area contributed by atoms with E-state index in [1.165, 1.54) is 13.3 Å². The minimum absolute atomic E-state index is 0.243. The van der Waals surface area contributed by atoms with Gasteiger partial charge in [0, 0.05) is 12.4 Å². The molecule has 0 aromatic heterocycles. The molecule has 0 spiro atoms. The van der Waals surface area contributed by atoms with Crippen molar-refractivity contribution in [2.45, 2.75) is 11.7 Å². The predicted octanol–water partition coefficient (Wildman–Crippen LogP) is 0.410. The molecule has 1 saturated heterocycles. The number of carboxylic acid groups (broad SMARTS) is 1. The van der Waals surface area contributed by atoms with Gasteiger partial charge in [-0.3, -0.25) is 4.79 Å². The Bertz CT molecular complexity index is 663. The number of carbonyl (C=O) groups excluding carboxylic acids is 2. The molecule has 1 aliphatic heterocycles. The quantitative estimate of drug-likeness (QED) is 0.617. The van der Waals surface area contributed by atoms with E-state index < -0.39 is 17.1 Å². The number of ether oxygens (including phenoxy) is 1. The molecule has 0 unspecified atom stereocenters. The van der Waals surface area contributed by atoms with Gasteiger partial charge in [0.25, 0.3) is 0 Å². The summed E-state index contributed by atoms with van der Waals surface area (Å²) in [6.07, 6.45) is 1.09. The van der Waals surface area contributed by atoms with Gasteiger partial charge < -0.3 is 20.0 Å². The largest absolute Gasteiger partial charge is 0.550 e. The average Bonchev–Trinajstić information content (AvgIpc) is 2.78. The SMILES string of the molecule is COc1ccc(/C=N\N=C2\NC(=O)[C@@H](CC(=O)[O-])S2)cc1Cl. The topological polar surface area (TPSA) is 103 Å². The van der Waals surface area contributed by atoms with Crippen molar-refractivity contribution in [1.29, 1.82) is 0 Å². The minimum Gasteiger partial charge on any atom is -0.550 e. The number of amidine groups is 1. The summed E-state index contributed by atoms with van der Waals surface area (Å²) in [5.74, 6) is -1.16. The van der Waals surface area contributed by atoms with Gasteiger partial charge in [-0.1, -0.05) is 23.4 Å². The second-order valence-electron chi connectivity index (χ2n) is 4.22. The Hall–Kier alpha value is -2.06. The molecule has 1 atom stereocenters. The van der Waals surface area contributed by atoms with Crippen molar-refractivity contribution >= 4 is 46.6 Å². The van der Waals surface area contributed by atoms with Gasteiger partial charge in [0.15, 0.2) is 5.17 Å². The van der Waals surface area contributed by atoms with Crippen LogP contribution >= 0.6 is 23.4 Å². The second kappa shape index (κ2) is 7.28. The van der Waals surface area contributed by atoms with Crippen LogP contribution in [-0.2, 0) is 9.59 Å². The molecule has 1 aliphatic rings. The van der Waals surface area contributed by atoms with Crippen molar-refractivity contribution in [1.82, 2.24) is 5.32 Å². The zero-order valence-corrected chi connectivity index (χ0v) is 13.0. The highest BCUT2D eigenvalue weighted by molar-refractivity contribution is 8.15. The fourth-order valence-corrected chi connectivity index (χ4v) is 2.82. The summed E-state index contributed by atoms with van der Waals surface area (Å²) in [5, 5.41) is 20.5. The Morgan fingerprint density at radius 1 is 1.59 bits per heavy atom. The van der Waals surface area contributed by atoms with Crippen LogP contribution in [0.2, 0.25) is 5.02 Å². The Balaban J connectivity index is 2.01. The summed E-state index contributed by atoms with van der Waals surface area (Å²) in [7, 11) is 1.52. The lowest BCUT2D eigenvalue weighted by molar-refractivity contribution is -0.305. The van der Waals surface area contributed by atoms with Crippen LogP contribution in [0.15, 0.2) is 28.4 Å². The molecule has 0 aliphatic carbocycles. The van der Waals surface area contributed by atoms with Crippen molar-refractivity contribution in [3.05, 3.63) is 28.8 Å². The molecule has 0 bridgehead atoms. The van der Waals surface area contributed by atoms with E-state index in [0.717, 1.165) is 11.8 Å². The van der Waals surface area contributed by atoms with Gasteiger partial charge in [-0.05, 0) is 23.8 Å². The molecule has 0 radical (unpaired) electrons. The molecule has 116 valence electrons. The highest BCUT2D eigenvalue weighted by Gasteiger charge is 2.30. The molecule has 22 heavy (non-hydrogen) atoms. The molecule has 1 aromatic carbocycles. The number of halogens is 1. The van der Waals surface area contributed by atoms with Crippen molar-refractivity contribution < 1.29 is 19.4 Å². The van der Waals surface area contributed by atoms with Crippen LogP contribution in [0, 0.1) is 0 Å². The van der Waals surface area contributed by atoms with E-state index in [-0.39, 0.29) is 11.6 Å². The smallest absolute Gasteiger partial charge is 0.239 e. The van der Waals surface area contributed by atoms with Crippen molar-refractivity contribution in [3.63, 3.8) is 0 Å². The second-order valence-corrected chi connectivity index (χ2v) is 5.81. The van der Waals surface area contributed by atoms with E-state index in [4.69, 9.17) is 16.3 Å². The molecule has 1 aromatic rings.